The number of anilines is 2. The molecular formula is C19H22N2O4. The van der Waals surface area contributed by atoms with Crippen molar-refractivity contribution in [3.8, 4) is 5.75 Å². The number of phenols is 1. The van der Waals surface area contributed by atoms with Crippen LogP contribution in [0, 0.1) is 0 Å². The van der Waals surface area contributed by atoms with Crippen molar-refractivity contribution in [2.24, 2.45) is 0 Å². The SMILES string of the molecule is CC(C)(C)OC(=O)Nc1ccc(NCC(=O)c2ccc(O)cc2)cc1. The van der Waals surface area contributed by atoms with Gasteiger partial charge in [0.2, 0.25) is 0 Å². The molecule has 0 saturated heterocycles. The van der Waals surface area contributed by atoms with Gasteiger partial charge in [-0.15, -0.1) is 0 Å². The summed E-state index contributed by atoms with van der Waals surface area (Å²) in [7, 11) is 0. The summed E-state index contributed by atoms with van der Waals surface area (Å²) in [5.41, 5.74) is 1.32. The van der Waals surface area contributed by atoms with Crippen molar-refractivity contribution < 1.29 is 19.4 Å². The molecule has 0 aliphatic rings. The molecule has 132 valence electrons. The van der Waals surface area contributed by atoms with Crippen LogP contribution in [0.1, 0.15) is 31.1 Å². The average molecular weight is 342 g/mol. The van der Waals surface area contributed by atoms with E-state index < -0.39 is 11.7 Å². The van der Waals surface area contributed by atoms with Crippen molar-refractivity contribution in [1.29, 1.82) is 0 Å². The predicted molar refractivity (Wildman–Crippen MR) is 97.2 cm³/mol. The summed E-state index contributed by atoms with van der Waals surface area (Å²) < 4.78 is 5.18. The van der Waals surface area contributed by atoms with Crippen LogP contribution in [0.5, 0.6) is 5.75 Å². The van der Waals surface area contributed by atoms with Crippen LogP contribution in [-0.2, 0) is 4.74 Å². The fraction of sp³-hybridized carbons (Fsp3) is 0.263. The number of carbonyl (C=O) groups excluding carboxylic acids is 2. The van der Waals surface area contributed by atoms with Gasteiger partial charge >= 0.3 is 6.09 Å². The van der Waals surface area contributed by atoms with E-state index >= 15 is 0 Å². The lowest BCUT2D eigenvalue weighted by Crippen LogP contribution is -2.27. The quantitative estimate of drug-likeness (QED) is 0.714. The highest BCUT2D eigenvalue weighted by molar-refractivity contribution is 5.99. The maximum atomic E-state index is 12.1. The minimum Gasteiger partial charge on any atom is -0.508 e. The van der Waals surface area contributed by atoms with Gasteiger partial charge in [-0.05, 0) is 69.3 Å². The normalized spacial score (nSPS) is 10.8. The molecule has 0 radical (unpaired) electrons. The zero-order chi connectivity index (χ0) is 18.4. The lowest BCUT2D eigenvalue weighted by molar-refractivity contribution is 0.0635. The maximum Gasteiger partial charge on any atom is 0.412 e. The molecule has 6 nitrogen and oxygen atoms in total. The number of rotatable bonds is 5. The first-order valence-electron chi connectivity index (χ1n) is 7.89. The predicted octanol–water partition coefficient (Wildman–Crippen LogP) is 4.03. The minimum absolute atomic E-state index is 0.0871. The molecule has 25 heavy (non-hydrogen) atoms. The molecule has 1 amide bonds. The van der Waals surface area contributed by atoms with Crippen LogP contribution >= 0.6 is 0 Å². The van der Waals surface area contributed by atoms with E-state index in [0.29, 0.717) is 11.3 Å². The zero-order valence-corrected chi connectivity index (χ0v) is 14.5. The fourth-order valence-corrected chi connectivity index (χ4v) is 2.02. The highest BCUT2D eigenvalue weighted by Gasteiger charge is 2.16. The highest BCUT2D eigenvalue weighted by atomic mass is 16.6. The van der Waals surface area contributed by atoms with E-state index in [1.807, 2.05) is 0 Å². The molecule has 2 aromatic carbocycles. The smallest absolute Gasteiger partial charge is 0.412 e. The van der Waals surface area contributed by atoms with E-state index in [4.69, 9.17) is 4.74 Å². The molecule has 0 aliphatic heterocycles. The van der Waals surface area contributed by atoms with Crippen molar-refractivity contribution in [2.75, 3.05) is 17.2 Å². The van der Waals surface area contributed by atoms with E-state index in [1.165, 1.54) is 12.1 Å². The Morgan fingerprint density at radius 2 is 1.52 bits per heavy atom. The van der Waals surface area contributed by atoms with Gasteiger partial charge in [-0.25, -0.2) is 4.79 Å². The Morgan fingerprint density at radius 3 is 2.08 bits per heavy atom. The maximum absolute atomic E-state index is 12.1. The number of benzene rings is 2. The fourth-order valence-electron chi connectivity index (χ4n) is 2.02. The van der Waals surface area contributed by atoms with Crippen molar-refractivity contribution in [1.82, 2.24) is 0 Å². The number of ether oxygens (including phenoxy) is 1. The van der Waals surface area contributed by atoms with Crippen molar-refractivity contribution >= 4 is 23.3 Å². The minimum atomic E-state index is -0.555. The first-order chi connectivity index (χ1) is 11.7. The Labute approximate surface area is 146 Å². The molecule has 0 bridgehead atoms. The summed E-state index contributed by atoms with van der Waals surface area (Å²) >= 11 is 0. The summed E-state index contributed by atoms with van der Waals surface area (Å²) in [4.78, 5) is 23.8. The van der Waals surface area contributed by atoms with Gasteiger partial charge < -0.3 is 15.2 Å². The van der Waals surface area contributed by atoms with E-state index in [9.17, 15) is 14.7 Å². The van der Waals surface area contributed by atoms with Gasteiger partial charge in [0, 0.05) is 16.9 Å². The second kappa shape index (κ2) is 7.70. The Morgan fingerprint density at radius 1 is 0.960 bits per heavy atom. The number of hydrogen-bond donors (Lipinski definition) is 3. The Kier molecular flexibility index (Phi) is 5.64. The number of Topliss-reactive ketones (excluding diaryl/α,β-unsaturated/α-hetero) is 1. The Hall–Kier alpha value is -3.02. The van der Waals surface area contributed by atoms with Crippen LogP contribution in [0.3, 0.4) is 0 Å². The molecule has 0 saturated carbocycles. The summed E-state index contributed by atoms with van der Waals surface area (Å²) in [6.45, 7) is 5.52. The lowest BCUT2D eigenvalue weighted by Gasteiger charge is -2.19. The summed E-state index contributed by atoms with van der Waals surface area (Å²) in [5, 5.41) is 14.9. The van der Waals surface area contributed by atoms with E-state index in [-0.39, 0.29) is 18.1 Å². The van der Waals surface area contributed by atoms with Crippen molar-refractivity contribution in [3.05, 3.63) is 54.1 Å². The first kappa shape index (κ1) is 18.3. The van der Waals surface area contributed by atoms with Gasteiger partial charge in [-0.2, -0.15) is 0 Å². The van der Waals surface area contributed by atoms with Gasteiger partial charge in [-0.1, -0.05) is 0 Å². The van der Waals surface area contributed by atoms with Crippen molar-refractivity contribution in [3.63, 3.8) is 0 Å². The molecule has 0 atom stereocenters. The van der Waals surface area contributed by atoms with Crippen LogP contribution in [0.25, 0.3) is 0 Å². The average Bonchev–Trinajstić information content (AvgIpc) is 2.53. The van der Waals surface area contributed by atoms with E-state index in [2.05, 4.69) is 10.6 Å². The molecule has 0 aromatic heterocycles. The van der Waals surface area contributed by atoms with Gasteiger partial charge in [0.25, 0.3) is 0 Å². The number of nitrogens with one attached hydrogen (secondary N) is 2. The lowest BCUT2D eigenvalue weighted by atomic mass is 10.1. The third kappa shape index (κ3) is 6.18. The van der Waals surface area contributed by atoms with Gasteiger partial charge in [0.15, 0.2) is 5.78 Å². The highest BCUT2D eigenvalue weighted by Crippen LogP contribution is 2.16. The summed E-state index contributed by atoms with van der Waals surface area (Å²) in [6.07, 6.45) is -0.518. The van der Waals surface area contributed by atoms with Gasteiger partial charge in [-0.3, -0.25) is 10.1 Å². The van der Waals surface area contributed by atoms with E-state index in [1.54, 1.807) is 57.2 Å². The number of phenolic OH excluding ortho intramolecular Hbond substituents is 1. The third-order valence-corrected chi connectivity index (χ3v) is 3.17. The second-order valence-corrected chi connectivity index (χ2v) is 6.53. The summed E-state index contributed by atoms with van der Waals surface area (Å²) in [5.74, 6) is 0.0357. The molecule has 0 fully saturated rings. The van der Waals surface area contributed by atoms with E-state index in [0.717, 1.165) is 5.69 Å². The van der Waals surface area contributed by atoms with Crippen LogP contribution < -0.4 is 10.6 Å². The van der Waals surface area contributed by atoms with Crippen LogP contribution in [0.2, 0.25) is 0 Å². The Balaban J connectivity index is 1.87. The standard InChI is InChI=1S/C19H22N2O4/c1-19(2,3)25-18(24)21-15-8-6-14(7-9-15)20-12-17(23)13-4-10-16(22)11-5-13/h4-11,20,22H,12H2,1-3H3,(H,21,24). The molecule has 3 N–H and O–H groups in total. The molecule has 0 spiro atoms. The molecule has 6 heteroatoms. The molecule has 0 heterocycles. The molecular weight excluding hydrogens is 320 g/mol. The number of amides is 1. The molecule has 0 unspecified atom stereocenters. The van der Waals surface area contributed by atoms with Gasteiger partial charge in [0.1, 0.15) is 11.4 Å². The topological polar surface area (TPSA) is 87.7 Å². The number of hydrogen-bond acceptors (Lipinski definition) is 5. The number of aromatic hydroxyl groups is 1. The van der Waals surface area contributed by atoms with Crippen molar-refractivity contribution in [2.45, 2.75) is 26.4 Å². The largest absolute Gasteiger partial charge is 0.508 e. The molecule has 2 aromatic rings. The van der Waals surface area contributed by atoms with Crippen LogP contribution in [0.15, 0.2) is 48.5 Å². The first-order valence-corrected chi connectivity index (χ1v) is 7.89. The molecule has 2 rings (SSSR count). The monoisotopic (exact) mass is 342 g/mol. The molecule has 0 aliphatic carbocycles. The Bertz CT molecular complexity index is 732. The number of ketones is 1. The van der Waals surface area contributed by atoms with Crippen LogP contribution in [0.4, 0.5) is 16.2 Å². The second-order valence-electron chi connectivity index (χ2n) is 6.53. The summed E-state index contributed by atoms with van der Waals surface area (Å²) in [6, 6.07) is 13.1. The van der Waals surface area contributed by atoms with Crippen LogP contribution in [-0.4, -0.2) is 29.1 Å². The zero-order valence-electron chi connectivity index (χ0n) is 14.5. The third-order valence-electron chi connectivity index (χ3n) is 3.17. The number of carbonyl (C=O) groups is 2. The van der Waals surface area contributed by atoms with Gasteiger partial charge in [0.05, 0.1) is 6.54 Å².